The second kappa shape index (κ2) is 7.18. The van der Waals surface area contributed by atoms with Gasteiger partial charge in [-0.25, -0.2) is 0 Å². The molecular weight excluding hydrogens is 314 g/mol. The van der Waals surface area contributed by atoms with Gasteiger partial charge in [-0.3, -0.25) is 4.79 Å². The maximum atomic E-state index is 12.0. The number of amides is 1. The van der Waals surface area contributed by atoms with Crippen LogP contribution in [0.3, 0.4) is 0 Å². The summed E-state index contributed by atoms with van der Waals surface area (Å²) in [6.07, 6.45) is 3.65. The highest BCUT2D eigenvalue weighted by Crippen LogP contribution is 2.29. The Morgan fingerprint density at radius 1 is 1.46 bits per heavy atom. The largest absolute Gasteiger partial charge is 0.490 e. The maximum Gasteiger partial charge on any atom is 0.490 e. The third-order valence-electron chi connectivity index (χ3n) is 3.52. The first kappa shape index (κ1) is 16.1. The van der Waals surface area contributed by atoms with Crippen LogP contribution in [0.5, 0.6) is 0 Å². The zero-order valence-corrected chi connectivity index (χ0v) is 12.9. The van der Waals surface area contributed by atoms with E-state index < -0.39 is 10.9 Å². The molecule has 126 valence electrons. The van der Waals surface area contributed by atoms with Crippen molar-refractivity contribution in [3.8, 4) is 0 Å². The zero-order chi connectivity index (χ0) is 16.9. The van der Waals surface area contributed by atoms with Gasteiger partial charge in [-0.1, -0.05) is 17.1 Å². The Morgan fingerprint density at radius 2 is 2.29 bits per heavy atom. The summed E-state index contributed by atoms with van der Waals surface area (Å²) in [7, 11) is 0. The number of hydrogen-bond acceptors (Lipinski definition) is 6. The quantitative estimate of drug-likeness (QED) is 0.582. The highest BCUT2D eigenvalue weighted by molar-refractivity contribution is 5.90. The lowest BCUT2D eigenvalue weighted by molar-refractivity contribution is -0.394. The molecule has 9 nitrogen and oxygen atoms in total. The number of nitrogens with zero attached hydrogens (tertiary/aromatic N) is 4. The minimum Gasteiger partial charge on any atom is -0.390 e. The minimum atomic E-state index is -0.709. The number of nitrogens with one attached hydrogen (secondary N) is 1. The van der Waals surface area contributed by atoms with Crippen molar-refractivity contribution in [2.24, 2.45) is 5.92 Å². The van der Waals surface area contributed by atoms with Crippen LogP contribution < -0.4 is 5.32 Å². The summed E-state index contributed by atoms with van der Waals surface area (Å²) >= 11 is 0. The molecule has 0 atom stereocenters. The van der Waals surface area contributed by atoms with E-state index in [9.17, 15) is 14.9 Å². The first-order chi connectivity index (χ1) is 11.6. The Labute approximate surface area is 137 Å². The molecule has 1 N–H and O–H groups in total. The molecule has 2 aromatic rings. The average molecular weight is 331 g/mol. The van der Waals surface area contributed by atoms with E-state index in [2.05, 4.69) is 15.4 Å². The smallest absolute Gasteiger partial charge is 0.390 e. The molecule has 24 heavy (non-hydrogen) atoms. The van der Waals surface area contributed by atoms with E-state index in [0.29, 0.717) is 18.2 Å². The van der Waals surface area contributed by atoms with Crippen molar-refractivity contribution >= 4 is 17.5 Å². The molecule has 9 heteroatoms. The van der Waals surface area contributed by atoms with Crippen LogP contribution in [-0.4, -0.2) is 32.2 Å². The van der Waals surface area contributed by atoms with Crippen LogP contribution in [0.25, 0.3) is 0 Å². The van der Waals surface area contributed by atoms with Crippen molar-refractivity contribution in [1.82, 2.24) is 14.8 Å². The first-order valence-electron chi connectivity index (χ1n) is 7.60. The van der Waals surface area contributed by atoms with Gasteiger partial charge in [-0.05, 0) is 41.4 Å². The minimum absolute atomic E-state index is 0.150. The SMILES string of the molecule is O=C(Cn1cnc([N+](=O)[O-])n1)Nc1cccc(COCC2CC2)c1. The summed E-state index contributed by atoms with van der Waals surface area (Å²) < 4.78 is 6.75. The van der Waals surface area contributed by atoms with Crippen LogP contribution >= 0.6 is 0 Å². The van der Waals surface area contributed by atoms with E-state index in [4.69, 9.17) is 4.74 Å². The van der Waals surface area contributed by atoms with Gasteiger partial charge in [0.2, 0.25) is 12.2 Å². The predicted molar refractivity (Wildman–Crippen MR) is 84.1 cm³/mol. The molecule has 1 fully saturated rings. The molecule has 0 bridgehead atoms. The summed E-state index contributed by atoms with van der Waals surface area (Å²) in [6.45, 7) is 1.14. The molecule has 1 heterocycles. The Bertz CT molecular complexity index is 741. The molecule has 3 rings (SSSR count). The number of ether oxygens (including phenoxy) is 1. The standard InChI is InChI=1S/C15H17N5O4/c21-14(7-19-10-16-15(18-19)20(22)23)17-13-3-1-2-12(6-13)9-24-8-11-4-5-11/h1-3,6,10-11H,4-5,7-9H2,(H,17,21). The summed E-state index contributed by atoms with van der Waals surface area (Å²) in [5, 5.41) is 16.8. The topological polar surface area (TPSA) is 112 Å². The fraction of sp³-hybridized carbons (Fsp3) is 0.400. The summed E-state index contributed by atoms with van der Waals surface area (Å²) in [6, 6.07) is 7.38. The monoisotopic (exact) mass is 331 g/mol. The number of nitro groups is 1. The van der Waals surface area contributed by atoms with E-state index in [-0.39, 0.29) is 12.5 Å². The maximum absolute atomic E-state index is 12.0. The highest BCUT2D eigenvalue weighted by atomic mass is 16.6. The molecule has 0 aliphatic heterocycles. The summed E-state index contributed by atoms with van der Waals surface area (Å²) in [5.41, 5.74) is 1.62. The number of carbonyl (C=O) groups excluding carboxylic acids is 1. The van der Waals surface area contributed by atoms with Gasteiger partial charge in [0.05, 0.1) is 6.61 Å². The number of anilines is 1. The molecule has 1 aliphatic rings. The van der Waals surface area contributed by atoms with Crippen LogP contribution in [0.4, 0.5) is 11.6 Å². The molecular formula is C15H17N5O4. The van der Waals surface area contributed by atoms with Crippen molar-refractivity contribution in [3.63, 3.8) is 0 Å². The van der Waals surface area contributed by atoms with Crippen LogP contribution in [-0.2, 0) is 22.7 Å². The second-order valence-corrected chi connectivity index (χ2v) is 5.71. The molecule has 1 amide bonds. The second-order valence-electron chi connectivity index (χ2n) is 5.71. The summed E-state index contributed by atoms with van der Waals surface area (Å²) in [5.74, 6) is -0.164. The lowest BCUT2D eigenvalue weighted by atomic mass is 10.2. The third-order valence-corrected chi connectivity index (χ3v) is 3.52. The number of carbonyl (C=O) groups is 1. The van der Waals surface area contributed by atoms with E-state index in [1.165, 1.54) is 12.8 Å². The van der Waals surface area contributed by atoms with Gasteiger partial charge in [0, 0.05) is 17.4 Å². The van der Waals surface area contributed by atoms with E-state index >= 15 is 0 Å². The molecule has 0 saturated heterocycles. The summed E-state index contributed by atoms with van der Waals surface area (Å²) in [4.78, 5) is 25.3. The van der Waals surface area contributed by atoms with Crippen LogP contribution in [0.1, 0.15) is 18.4 Å². The van der Waals surface area contributed by atoms with Crippen molar-refractivity contribution in [2.75, 3.05) is 11.9 Å². The molecule has 0 spiro atoms. The third kappa shape index (κ3) is 4.59. The average Bonchev–Trinajstić information content (AvgIpc) is 3.24. The normalized spacial score (nSPS) is 13.7. The van der Waals surface area contributed by atoms with Gasteiger partial charge in [0.25, 0.3) is 0 Å². The van der Waals surface area contributed by atoms with Crippen LogP contribution in [0, 0.1) is 16.0 Å². The zero-order valence-electron chi connectivity index (χ0n) is 12.9. The molecule has 1 saturated carbocycles. The lowest BCUT2D eigenvalue weighted by Gasteiger charge is -2.07. The van der Waals surface area contributed by atoms with Crippen molar-refractivity contribution in [3.05, 3.63) is 46.3 Å². The first-order valence-corrected chi connectivity index (χ1v) is 7.60. The number of aromatic nitrogens is 3. The van der Waals surface area contributed by atoms with E-state index in [0.717, 1.165) is 23.2 Å². The van der Waals surface area contributed by atoms with Gasteiger partial charge in [-0.2, -0.15) is 4.68 Å². The van der Waals surface area contributed by atoms with Crippen molar-refractivity contribution in [1.29, 1.82) is 0 Å². The predicted octanol–water partition coefficient (Wildman–Crippen LogP) is 1.75. The van der Waals surface area contributed by atoms with Gasteiger partial charge >= 0.3 is 5.95 Å². The van der Waals surface area contributed by atoms with Gasteiger partial charge in [-0.15, -0.1) is 0 Å². The Balaban J connectivity index is 1.51. The number of rotatable bonds is 8. The van der Waals surface area contributed by atoms with Gasteiger partial charge in [0.1, 0.15) is 6.54 Å². The number of benzene rings is 1. The van der Waals surface area contributed by atoms with E-state index in [1.54, 1.807) is 6.07 Å². The fourth-order valence-corrected chi connectivity index (χ4v) is 2.16. The Hall–Kier alpha value is -2.81. The van der Waals surface area contributed by atoms with Crippen molar-refractivity contribution in [2.45, 2.75) is 26.0 Å². The van der Waals surface area contributed by atoms with E-state index in [1.807, 2.05) is 18.2 Å². The fourth-order valence-electron chi connectivity index (χ4n) is 2.16. The van der Waals surface area contributed by atoms with Crippen molar-refractivity contribution < 1.29 is 14.5 Å². The Kier molecular flexibility index (Phi) is 4.80. The number of hydrogen-bond donors (Lipinski definition) is 1. The van der Waals surface area contributed by atoms with Crippen LogP contribution in [0.15, 0.2) is 30.6 Å². The van der Waals surface area contributed by atoms with Gasteiger partial charge < -0.3 is 20.2 Å². The Morgan fingerprint density at radius 3 is 3.00 bits per heavy atom. The molecule has 1 aliphatic carbocycles. The molecule has 1 aromatic carbocycles. The molecule has 0 unspecified atom stereocenters. The molecule has 1 aromatic heterocycles. The molecule has 0 radical (unpaired) electrons. The van der Waals surface area contributed by atoms with Gasteiger partial charge in [0.15, 0.2) is 0 Å². The van der Waals surface area contributed by atoms with Crippen LogP contribution in [0.2, 0.25) is 0 Å². The highest BCUT2D eigenvalue weighted by Gasteiger charge is 2.21. The lowest BCUT2D eigenvalue weighted by Crippen LogP contribution is -2.19.